The van der Waals surface area contributed by atoms with Crippen molar-refractivity contribution in [2.75, 3.05) is 0 Å². The molecule has 0 spiro atoms. The van der Waals surface area contributed by atoms with Gasteiger partial charge in [-0.1, -0.05) is 6.07 Å². The van der Waals surface area contributed by atoms with E-state index in [0.29, 0.717) is 16.9 Å². The zero-order valence-corrected chi connectivity index (χ0v) is 9.36. The Labute approximate surface area is 99.8 Å². The summed E-state index contributed by atoms with van der Waals surface area (Å²) >= 11 is 1.45. The molecule has 0 bridgehead atoms. The summed E-state index contributed by atoms with van der Waals surface area (Å²) < 4.78 is 0. The molecule has 0 saturated carbocycles. The molecule has 0 radical (unpaired) electrons. The van der Waals surface area contributed by atoms with Gasteiger partial charge in [-0.2, -0.15) is 0 Å². The average Bonchev–Trinajstić information content (AvgIpc) is 2.96. The number of aromatic nitrogens is 3. The lowest BCUT2D eigenvalue weighted by atomic mass is 10.2. The highest BCUT2D eigenvalue weighted by molar-refractivity contribution is 7.13. The lowest BCUT2D eigenvalue weighted by Gasteiger charge is -1.93. The van der Waals surface area contributed by atoms with E-state index in [-0.39, 0.29) is 5.56 Å². The predicted molar refractivity (Wildman–Crippen MR) is 64.2 cm³/mol. The van der Waals surface area contributed by atoms with E-state index in [9.17, 15) is 4.79 Å². The molecule has 0 aliphatic rings. The van der Waals surface area contributed by atoms with Gasteiger partial charge in [-0.3, -0.25) is 4.98 Å². The first kappa shape index (κ1) is 9.98. The Morgan fingerprint density at radius 1 is 1.41 bits per heavy atom. The van der Waals surface area contributed by atoms with Crippen LogP contribution >= 0.6 is 11.3 Å². The molecule has 0 aliphatic carbocycles. The smallest absolute Gasteiger partial charge is 0.337 e. The Morgan fingerprint density at radius 2 is 2.29 bits per heavy atom. The van der Waals surface area contributed by atoms with Gasteiger partial charge in [0.1, 0.15) is 11.3 Å². The molecule has 1 aromatic carbocycles. The minimum atomic E-state index is -0.974. The van der Waals surface area contributed by atoms with Crippen molar-refractivity contribution in [2.24, 2.45) is 0 Å². The Balaban J connectivity index is 2.26. The Hall–Kier alpha value is -2.21. The van der Waals surface area contributed by atoms with E-state index in [2.05, 4.69) is 15.0 Å². The van der Waals surface area contributed by atoms with Gasteiger partial charge < -0.3 is 10.1 Å². The maximum atomic E-state index is 11.0. The summed E-state index contributed by atoms with van der Waals surface area (Å²) in [6.45, 7) is 0. The molecule has 0 unspecified atom stereocenters. The van der Waals surface area contributed by atoms with Crippen LogP contribution in [-0.2, 0) is 0 Å². The maximum absolute atomic E-state index is 11.0. The number of carbonyl (C=O) groups is 1. The van der Waals surface area contributed by atoms with Crippen molar-refractivity contribution in [3.63, 3.8) is 0 Å². The van der Waals surface area contributed by atoms with Gasteiger partial charge >= 0.3 is 5.97 Å². The van der Waals surface area contributed by atoms with Gasteiger partial charge in [-0.05, 0) is 12.1 Å². The second-order valence-electron chi connectivity index (χ2n) is 3.46. The molecule has 6 heteroatoms. The van der Waals surface area contributed by atoms with Crippen LogP contribution in [0.4, 0.5) is 0 Å². The van der Waals surface area contributed by atoms with Crippen LogP contribution in [0.2, 0.25) is 0 Å². The number of para-hydroxylation sites is 1. The summed E-state index contributed by atoms with van der Waals surface area (Å²) in [5.74, 6) is -0.325. The molecule has 2 aromatic heterocycles. The number of H-pyrrole nitrogens is 1. The van der Waals surface area contributed by atoms with Gasteiger partial charge in [0.25, 0.3) is 0 Å². The van der Waals surface area contributed by atoms with E-state index in [1.54, 1.807) is 29.9 Å². The molecule has 84 valence electrons. The monoisotopic (exact) mass is 245 g/mol. The highest BCUT2D eigenvalue weighted by Gasteiger charge is 2.13. The van der Waals surface area contributed by atoms with Gasteiger partial charge in [0.15, 0.2) is 0 Å². The van der Waals surface area contributed by atoms with Crippen molar-refractivity contribution in [1.82, 2.24) is 15.0 Å². The second-order valence-corrected chi connectivity index (χ2v) is 4.34. The number of rotatable bonds is 2. The molecule has 3 rings (SSSR count). The minimum absolute atomic E-state index is 0.203. The second kappa shape index (κ2) is 3.67. The minimum Gasteiger partial charge on any atom is -0.478 e. The summed E-state index contributed by atoms with van der Waals surface area (Å²) in [5.41, 5.74) is 3.10. The fraction of sp³-hybridized carbons (Fsp3) is 0. The Kier molecular flexibility index (Phi) is 2.15. The summed E-state index contributed by atoms with van der Waals surface area (Å²) in [4.78, 5) is 23.3. The lowest BCUT2D eigenvalue weighted by Crippen LogP contribution is -1.96. The van der Waals surface area contributed by atoms with E-state index in [0.717, 1.165) is 4.88 Å². The largest absolute Gasteiger partial charge is 0.478 e. The lowest BCUT2D eigenvalue weighted by molar-refractivity contribution is 0.0699. The fourth-order valence-electron chi connectivity index (χ4n) is 1.65. The molecule has 0 aliphatic heterocycles. The third kappa shape index (κ3) is 1.58. The normalized spacial score (nSPS) is 10.8. The Morgan fingerprint density at radius 3 is 3.00 bits per heavy atom. The summed E-state index contributed by atoms with van der Waals surface area (Å²) in [7, 11) is 0. The number of nitrogens with one attached hydrogen (secondary N) is 1. The molecule has 0 fully saturated rings. The van der Waals surface area contributed by atoms with Gasteiger partial charge in [-0.15, -0.1) is 11.3 Å². The number of nitrogens with zero attached hydrogens (tertiary/aromatic N) is 2. The number of benzene rings is 1. The summed E-state index contributed by atoms with van der Waals surface area (Å²) in [6, 6.07) is 5.04. The van der Waals surface area contributed by atoms with Crippen molar-refractivity contribution >= 4 is 28.3 Å². The molecular weight excluding hydrogens is 238 g/mol. The van der Waals surface area contributed by atoms with E-state index in [1.807, 2.05) is 0 Å². The van der Waals surface area contributed by atoms with Crippen molar-refractivity contribution in [2.45, 2.75) is 0 Å². The maximum Gasteiger partial charge on any atom is 0.337 e. The van der Waals surface area contributed by atoms with Crippen molar-refractivity contribution in [3.8, 4) is 10.7 Å². The highest BCUT2D eigenvalue weighted by atomic mass is 32.1. The number of hydrogen-bond acceptors (Lipinski definition) is 4. The fourth-order valence-corrected chi connectivity index (χ4v) is 2.22. The number of carboxylic acid groups (broad SMARTS) is 1. The summed E-state index contributed by atoms with van der Waals surface area (Å²) in [5, 5.41) is 9.06. The van der Waals surface area contributed by atoms with E-state index in [1.165, 1.54) is 11.3 Å². The number of carboxylic acids is 1. The van der Waals surface area contributed by atoms with E-state index in [4.69, 9.17) is 5.11 Å². The molecular formula is C11H7N3O2S. The molecule has 0 amide bonds. The molecule has 3 aromatic rings. The first-order valence-corrected chi connectivity index (χ1v) is 5.74. The van der Waals surface area contributed by atoms with Crippen LogP contribution in [-0.4, -0.2) is 26.0 Å². The van der Waals surface area contributed by atoms with Gasteiger partial charge in [0.2, 0.25) is 0 Å². The average molecular weight is 245 g/mol. The van der Waals surface area contributed by atoms with Crippen LogP contribution in [0.15, 0.2) is 29.9 Å². The number of imidazole rings is 1. The first-order valence-electron chi connectivity index (χ1n) is 4.86. The van der Waals surface area contributed by atoms with Crippen LogP contribution in [0.5, 0.6) is 0 Å². The van der Waals surface area contributed by atoms with E-state index >= 15 is 0 Å². The molecule has 0 atom stereocenters. The predicted octanol–water partition coefficient (Wildman–Crippen LogP) is 2.38. The number of hydrogen-bond donors (Lipinski definition) is 2. The number of aromatic amines is 1. The van der Waals surface area contributed by atoms with Crippen molar-refractivity contribution in [3.05, 3.63) is 35.5 Å². The summed E-state index contributed by atoms with van der Waals surface area (Å²) in [6.07, 6.45) is 1.70. The van der Waals surface area contributed by atoms with Crippen LogP contribution in [0, 0.1) is 0 Å². The third-order valence-corrected chi connectivity index (χ3v) is 3.19. The third-order valence-electron chi connectivity index (χ3n) is 2.41. The Bertz CT molecular complexity index is 688. The number of fused-ring (bicyclic) bond motifs is 1. The number of thiazole rings is 1. The zero-order chi connectivity index (χ0) is 11.8. The zero-order valence-electron chi connectivity index (χ0n) is 8.54. The molecule has 0 saturated heterocycles. The molecule has 2 N–H and O–H groups in total. The van der Waals surface area contributed by atoms with Gasteiger partial charge in [0, 0.05) is 6.20 Å². The SMILES string of the molecule is O=C(O)c1cccc2[nH]c(-c3cncs3)nc12. The molecule has 2 heterocycles. The van der Waals surface area contributed by atoms with Crippen molar-refractivity contribution < 1.29 is 9.90 Å². The molecule has 5 nitrogen and oxygen atoms in total. The quantitative estimate of drug-likeness (QED) is 0.726. The van der Waals surface area contributed by atoms with Gasteiger partial charge in [0.05, 0.1) is 21.5 Å². The number of aromatic carboxylic acids is 1. The first-order chi connectivity index (χ1) is 8.25. The van der Waals surface area contributed by atoms with Gasteiger partial charge in [-0.25, -0.2) is 9.78 Å². The van der Waals surface area contributed by atoms with E-state index < -0.39 is 5.97 Å². The van der Waals surface area contributed by atoms with Crippen molar-refractivity contribution in [1.29, 1.82) is 0 Å². The molecule has 17 heavy (non-hydrogen) atoms. The highest BCUT2D eigenvalue weighted by Crippen LogP contribution is 2.24. The van der Waals surface area contributed by atoms with Crippen LogP contribution in [0.25, 0.3) is 21.7 Å². The topological polar surface area (TPSA) is 78.9 Å². The van der Waals surface area contributed by atoms with Crippen LogP contribution < -0.4 is 0 Å². The van der Waals surface area contributed by atoms with Crippen LogP contribution in [0.1, 0.15) is 10.4 Å². The standard InChI is InChI=1S/C11H7N3O2S/c15-11(16)6-2-1-3-7-9(6)14-10(13-7)8-4-12-5-17-8/h1-5H,(H,13,14)(H,15,16). The van der Waals surface area contributed by atoms with Crippen LogP contribution in [0.3, 0.4) is 0 Å².